The highest BCUT2D eigenvalue weighted by molar-refractivity contribution is 7.89. The number of sulfonamides is 1. The van der Waals surface area contributed by atoms with Crippen molar-refractivity contribution in [2.24, 2.45) is 0 Å². The molecule has 0 aliphatic heterocycles. The van der Waals surface area contributed by atoms with E-state index < -0.39 is 10.0 Å². The number of halogens is 1. The van der Waals surface area contributed by atoms with Crippen molar-refractivity contribution in [2.75, 3.05) is 27.2 Å². The maximum Gasteiger partial charge on any atom is 0.251 e. The summed E-state index contributed by atoms with van der Waals surface area (Å²) in [4.78, 5) is 12.0. The van der Waals surface area contributed by atoms with Gasteiger partial charge in [0.1, 0.15) is 10.6 Å². The highest BCUT2D eigenvalue weighted by Gasteiger charge is 2.22. The van der Waals surface area contributed by atoms with Gasteiger partial charge in [-0.2, -0.15) is 0 Å². The number of amides is 1. The van der Waals surface area contributed by atoms with E-state index >= 15 is 0 Å². The molecule has 3 N–H and O–H groups in total. The maximum atomic E-state index is 12.3. The van der Waals surface area contributed by atoms with Crippen LogP contribution in [0.5, 0.6) is 5.75 Å². The number of carbonyl (C=O) groups excluding carboxylic acids is 1. The molecule has 0 unspecified atom stereocenters. The van der Waals surface area contributed by atoms with Crippen LogP contribution in [0.3, 0.4) is 0 Å². The van der Waals surface area contributed by atoms with Gasteiger partial charge in [0.25, 0.3) is 5.91 Å². The van der Waals surface area contributed by atoms with E-state index in [9.17, 15) is 13.2 Å². The molecule has 1 aromatic rings. The first-order valence-corrected chi connectivity index (χ1v) is 8.43. The van der Waals surface area contributed by atoms with Crippen molar-refractivity contribution in [3.63, 3.8) is 0 Å². The molecule has 1 amide bonds. The third-order valence-corrected chi connectivity index (χ3v) is 4.45. The number of carbonyl (C=O) groups is 1. The summed E-state index contributed by atoms with van der Waals surface area (Å²) in [7, 11) is -0.586. The first kappa shape index (κ1) is 21.6. The van der Waals surface area contributed by atoms with Crippen LogP contribution in [0.15, 0.2) is 23.1 Å². The van der Waals surface area contributed by atoms with E-state index in [4.69, 9.17) is 4.74 Å². The van der Waals surface area contributed by atoms with E-state index in [0.29, 0.717) is 13.1 Å². The fraction of sp³-hybridized carbons (Fsp3) is 0.500. The van der Waals surface area contributed by atoms with Crippen molar-refractivity contribution in [1.82, 2.24) is 15.4 Å². The van der Waals surface area contributed by atoms with Crippen LogP contribution in [0.4, 0.5) is 0 Å². The Bertz CT molecular complexity index is 620. The number of ether oxygens (including phenoxy) is 1. The van der Waals surface area contributed by atoms with Gasteiger partial charge in [0.2, 0.25) is 10.0 Å². The number of hydrogen-bond acceptors (Lipinski definition) is 5. The summed E-state index contributed by atoms with van der Waals surface area (Å²) in [5.74, 6) is -0.140. The average Bonchev–Trinajstić information content (AvgIpc) is 2.45. The van der Waals surface area contributed by atoms with Crippen LogP contribution >= 0.6 is 12.4 Å². The third-order valence-electron chi connectivity index (χ3n) is 2.77. The van der Waals surface area contributed by atoms with Crippen molar-refractivity contribution >= 4 is 28.3 Å². The van der Waals surface area contributed by atoms with Gasteiger partial charge in [-0.1, -0.05) is 0 Å². The molecule has 0 atom stereocenters. The van der Waals surface area contributed by atoms with E-state index in [1.807, 2.05) is 0 Å². The van der Waals surface area contributed by atoms with Crippen LogP contribution in [0.25, 0.3) is 0 Å². The minimum absolute atomic E-state index is 0. The molecule has 132 valence electrons. The number of likely N-dealkylation sites (N-methyl/N-ethyl adjacent to an activating group) is 1. The number of benzene rings is 1. The SMILES string of the molecule is CNCCNC(=O)c1ccc(OC)c(S(=O)(=O)NC(C)C)c1.Cl. The Labute approximate surface area is 143 Å². The first-order valence-electron chi connectivity index (χ1n) is 6.95. The molecule has 0 spiro atoms. The number of rotatable bonds is 8. The van der Waals surface area contributed by atoms with Gasteiger partial charge in [-0.25, -0.2) is 13.1 Å². The molecule has 0 aliphatic rings. The van der Waals surface area contributed by atoms with E-state index in [2.05, 4.69) is 15.4 Å². The topological polar surface area (TPSA) is 96.5 Å². The third kappa shape index (κ3) is 6.34. The molecule has 0 aliphatic carbocycles. The normalized spacial score (nSPS) is 11.0. The van der Waals surface area contributed by atoms with Crippen molar-refractivity contribution in [3.8, 4) is 5.75 Å². The Morgan fingerprint density at radius 3 is 2.43 bits per heavy atom. The molecule has 0 radical (unpaired) electrons. The molecule has 0 aromatic heterocycles. The lowest BCUT2D eigenvalue weighted by Crippen LogP contribution is -2.32. The summed E-state index contributed by atoms with van der Waals surface area (Å²) < 4.78 is 32.2. The predicted molar refractivity (Wildman–Crippen MR) is 92.0 cm³/mol. The molecular weight excluding hydrogens is 342 g/mol. The lowest BCUT2D eigenvalue weighted by atomic mass is 10.2. The van der Waals surface area contributed by atoms with Gasteiger partial charge in [0, 0.05) is 24.7 Å². The molecule has 0 saturated carbocycles. The van der Waals surface area contributed by atoms with Crippen LogP contribution in [-0.4, -0.2) is 47.6 Å². The molecule has 7 nitrogen and oxygen atoms in total. The summed E-state index contributed by atoms with van der Waals surface area (Å²) in [6, 6.07) is 4.06. The minimum Gasteiger partial charge on any atom is -0.495 e. The molecule has 0 bridgehead atoms. The van der Waals surface area contributed by atoms with E-state index in [0.717, 1.165) is 0 Å². The molecule has 0 heterocycles. The maximum absolute atomic E-state index is 12.3. The summed E-state index contributed by atoms with van der Waals surface area (Å²) in [5, 5.41) is 5.61. The molecule has 0 fully saturated rings. The lowest BCUT2D eigenvalue weighted by molar-refractivity contribution is 0.0954. The van der Waals surface area contributed by atoms with Gasteiger partial charge >= 0.3 is 0 Å². The second kappa shape index (κ2) is 9.71. The standard InChI is InChI=1S/C14H23N3O4S.ClH/c1-10(2)17-22(19,20)13-9-11(5-6-12(13)21-4)14(18)16-8-7-15-3;/h5-6,9-10,15,17H,7-8H2,1-4H3,(H,16,18);1H. The summed E-state index contributed by atoms with van der Waals surface area (Å²) in [6.45, 7) is 4.52. The number of hydrogen-bond donors (Lipinski definition) is 3. The van der Waals surface area contributed by atoms with Crippen LogP contribution in [0, 0.1) is 0 Å². The van der Waals surface area contributed by atoms with Gasteiger partial charge in [0.05, 0.1) is 7.11 Å². The predicted octanol–water partition coefficient (Wildman–Crippen LogP) is 0.753. The minimum atomic E-state index is -3.75. The Balaban J connectivity index is 0.00000484. The van der Waals surface area contributed by atoms with E-state index in [-0.39, 0.29) is 40.6 Å². The Hall–Kier alpha value is -1.35. The van der Waals surface area contributed by atoms with Crippen LogP contribution < -0.4 is 20.1 Å². The summed E-state index contributed by atoms with van der Waals surface area (Å²) >= 11 is 0. The fourth-order valence-electron chi connectivity index (χ4n) is 1.80. The molecule has 1 aromatic carbocycles. The van der Waals surface area contributed by atoms with Crippen LogP contribution in [0.2, 0.25) is 0 Å². The summed E-state index contributed by atoms with van der Waals surface area (Å²) in [5.41, 5.74) is 0.265. The van der Waals surface area contributed by atoms with Gasteiger partial charge in [-0.05, 0) is 39.1 Å². The van der Waals surface area contributed by atoms with E-state index in [1.165, 1.54) is 25.3 Å². The molecule has 0 saturated heterocycles. The molecule has 23 heavy (non-hydrogen) atoms. The van der Waals surface area contributed by atoms with Crippen molar-refractivity contribution in [3.05, 3.63) is 23.8 Å². The highest BCUT2D eigenvalue weighted by atomic mass is 35.5. The molecule has 1 rings (SSSR count). The summed E-state index contributed by atoms with van der Waals surface area (Å²) in [6.07, 6.45) is 0. The van der Waals surface area contributed by atoms with Gasteiger partial charge < -0.3 is 15.4 Å². The zero-order valence-corrected chi connectivity index (χ0v) is 15.3. The number of nitrogens with one attached hydrogen (secondary N) is 3. The van der Waals surface area contributed by atoms with Crippen molar-refractivity contribution in [2.45, 2.75) is 24.8 Å². The quantitative estimate of drug-likeness (QED) is 0.591. The van der Waals surface area contributed by atoms with Crippen LogP contribution in [-0.2, 0) is 10.0 Å². The first-order chi connectivity index (χ1) is 10.3. The van der Waals surface area contributed by atoms with Crippen molar-refractivity contribution in [1.29, 1.82) is 0 Å². The fourth-order valence-corrected chi connectivity index (χ4v) is 3.25. The zero-order valence-electron chi connectivity index (χ0n) is 13.7. The average molecular weight is 366 g/mol. The highest BCUT2D eigenvalue weighted by Crippen LogP contribution is 2.25. The molecule has 9 heteroatoms. The Morgan fingerprint density at radius 1 is 1.26 bits per heavy atom. The number of methoxy groups -OCH3 is 1. The van der Waals surface area contributed by atoms with Gasteiger partial charge in [-0.3, -0.25) is 4.79 Å². The smallest absolute Gasteiger partial charge is 0.251 e. The van der Waals surface area contributed by atoms with Gasteiger partial charge in [-0.15, -0.1) is 12.4 Å². The second-order valence-electron chi connectivity index (χ2n) is 5.00. The Morgan fingerprint density at radius 2 is 1.91 bits per heavy atom. The van der Waals surface area contributed by atoms with Crippen LogP contribution in [0.1, 0.15) is 24.2 Å². The lowest BCUT2D eigenvalue weighted by Gasteiger charge is -2.14. The monoisotopic (exact) mass is 365 g/mol. The Kier molecular flexibility index (Phi) is 9.14. The van der Waals surface area contributed by atoms with E-state index in [1.54, 1.807) is 20.9 Å². The largest absolute Gasteiger partial charge is 0.495 e. The second-order valence-corrected chi connectivity index (χ2v) is 6.68. The zero-order chi connectivity index (χ0) is 16.8. The molecular formula is C14H24ClN3O4S. The van der Waals surface area contributed by atoms with Crippen molar-refractivity contribution < 1.29 is 17.9 Å². The van der Waals surface area contributed by atoms with Gasteiger partial charge in [0.15, 0.2) is 0 Å².